The first kappa shape index (κ1) is 13.5. The van der Waals surface area contributed by atoms with Crippen LogP contribution in [0.25, 0.3) is 0 Å². The van der Waals surface area contributed by atoms with E-state index in [2.05, 4.69) is 20.9 Å². The summed E-state index contributed by atoms with van der Waals surface area (Å²) in [6.45, 7) is 1.90. The Labute approximate surface area is 119 Å². The average molecular weight is 329 g/mol. The number of pyridine rings is 1. The second kappa shape index (κ2) is 5.81. The third-order valence-corrected chi connectivity index (χ3v) is 3.98. The molecule has 0 aliphatic rings. The number of benzene rings is 1. The molecule has 0 bridgehead atoms. The van der Waals surface area contributed by atoms with Gasteiger partial charge in [0.05, 0.1) is 5.02 Å². The molecule has 18 heavy (non-hydrogen) atoms. The lowest BCUT2D eigenvalue weighted by Crippen LogP contribution is -1.99. The summed E-state index contributed by atoms with van der Waals surface area (Å²) in [6, 6.07) is 6.72. The molecule has 1 aromatic carbocycles. The van der Waals surface area contributed by atoms with Crippen molar-refractivity contribution in [2.75, 3.05) is 0 Å². The average Bonchev–Trinajstić information content (AvgIpc) is 2.32. The van der Waals surface area contributed by atoms with Gasteiger partial charge >= 0.3 is 0 Å². The van der Waals surface area contributed by atoms with Gasteiger partial charge in [0.15, 0.2) is 0 Å². The number of hydrogen-bond acceptors (Lipinski definition) is 1. The van der Waals surface area contributed by atoms with Crippen LogP contribution in [0.5, 0.6) is 0 Å². The van der Waals surface area contributed by atoms with Crippen LogP contribution in [-0.4, -0.2) is 4.98 Å². The maximum Gasteiger partial charge on any atom is 0.123 e. The van der Waals surface area contributed by atoms with Crippen molar-refractivity contribution in [1.29, 1.82) is 0 Å². The molecule has 1 heterocycles. The van der Waals surface area contributed by atoms with E-state index < -0.39 is 0 Å². The maximum atomic E-state index is 13.1. The molecule has 0 fully saturated rings. The Kier molecular flexibility index (Phi) is 4.36. The molecule has 0 amide bonds. The monoisotopic (exact) mass is 327 g/mol. The fraction of sp³-hybridized carbons (Fsp3) is 0.214. The van der Waals surface area contributed by atoms with Crippen LogP contribution in [0, 0.1) is 12.7 Å². The second-order valence-corrected chi connectivity index (χ2v) is 5.65. The zero-order valence-corrected chi connectivity index (χ0v) is 12.2. The van der Waals surface area contributed by atoms with E-state index in [0.717, 1.165) is 23.1 Å². The standard InChI is InChI=1S/C14H12BrClFN/c1-9-6-11(17)2-3-12(9)13(15)7-10-4-5-18-8-14(10)16/h2-6,8,13H,7H2,1H3. The van der Waals surface area contributed by atoms with Gasteiger partial charge in [-0.3, -0.25) is 4.98 Å². The normalized spacial score (nSPS) is 12.4. The predicted molar refractivity (Wildman–Crippen MR) is 75.8 cm³/mol. The van der Waals surface area contributed by atoms with E-state index in [4.69, 9.17) is 11.6 Å². The number of rotatable bonds is 3. The Morgan fingerprint density at radius 1 is 1.39 bits per heavy atom. The van der Waals surface area contributed by atoms with Crippen LogP contribution in [-0.2, 0) is 6.42 Å². The van der Waals surface area contributed by atoms with Gasteiger partial charge in [-0.25, -0.2) is 4.39 Å². The molecule has 2 aromatic rings. The summed E-state index contributed by atoms with van der Waals surface area (Å²) in [5.74, 6) is -0.210. The van der Waals surface area contributed by atoms with E-state index in [0.29, 0.717) is 5.02 Å². The number of nitrogens with zero attached hydrogens (tertiary/aromatic N) is 1. The molecule has 4 heteroatoms. The Morgan fingerprint density at radius 3 is 2.83 bits per heavy atom. The highest BCUT2D eigenvalue weighted by atomic mass is 79.9. The number of aromatic nitrogens is 1. The Bertz CT molecular complexity index is 559. The highest BCUT2D eigenvalue weighted by Crippen LogP contribution is 2.31. The van der Waals surface area contributed by atoms with Crippen molar-refractivity contribution in [2.24, 2.45) is 0 Å². The second-order valence-electron chi connectivity index (χ2n) is 4.14. The molecule has 94 valence electrons. The van der Waals surface area contributed by atoms with Gasteiger partial charge in [0.1, 0.15) is 5.82 Å². The number of alkyl halides is 1. The lowest BCUT2D eigenvalue weighted by Gasteiger charge is -2.14. The zero-order chi connectivity index (χ0) is 13.1. The van der Waals surface area contributed by atoms with Gasteiger partial charge in [0.25, 0.3) is 0 Å². The third-order valence-electron chi connectivity index (χ3n) is 2.82. The summed E-state index contributed by atoms with van der Waals surface area (Å²) >= 11 is 9.71. The highest BCUT2D eigenvalue weighted by Gasteiger charge is 2.13. The van der Waals surface area contributed by atoms with E-state index in [9.17, 15) is 4.39 Å². The number of aryl methyl sites for hydroxylation is 1. The van der Waals surface area contributed by atoms with Crippen LogP contribution in [0.2, 0.25) is 5.02 Å². The van der Waals surface area contributed by atoms with Gasteiger partial charge in [0, 0.05) is 17.2 Å². The summed E-state index contributed by atoms with van der Waals surface area (Å²) in [4.78, 5) is 4.07. The molecule has 1 nitrogen and oxygen atoms in total. The van der Waals surface area contributed by atoms with Crippen LogP contribution >= 0.6 is 27.5 Å². The van der Waals surface area contributed by atoms with Crippen molar-refractivity contribution in [3.05, 3.63) is 64.2 Å². The molecule has 0 spiro atoms. The molecule has 0 saturated heterocycles. The highest BCUT2D eigenvalue weighted by molar-refractivity contribution is 9.09. The first-order valence-electron chi connectivity index (χ1n) is 5.56. The van der Waals surface area contributed by atoms with Crippen molar-refractivity contribution in [1.82, 2.24) is 4.98 Å². The smallest absolute Gasteiger partial charge is 0.123 e. The van der Waals surface area contributed by atoms with Gasteiger partial charge in [0.2, 0.25) is 0 Å². The topological polar surface area (TPSA) is 12.9 Å². The molecule has 0 saturated carbocycles. The largest absolute Gasteiger partial charge is 0.263 e. The fourth-order valence-electron chi connectivity index (χ4n) is 1.86. The van der Waals surface area contributed by atoms with Crippen molar-refractivity contribution in [3.63, 3.8) is 0 Å². The van der Waals surface area contributed by atoms with Gasteiger partial charge in [-0.15, -0.1) is 0 Å². The molecule has 0 aliphatic heterocycles. The molecule has 0 aliphatic carbocycles. The van der Waals surface area contributed by atoms with Crippen LogP contribution in [0.15, 0.2) is 36.7 Å². The lowest BCUT2D eigenvalue weighted by atomic mass is 10.0. The van der Waals surface area contributed by atoms with Gasteiger partial charge in [-0.05, 0) is 48.2 Å². The van der Waals surface area contributed by atoms with Gasteiger partial charge < -0.3 is 0 Å². The number of halogens is 3. The Balaban J connectivity index is 2.22. The summed E-state index contributed by atoms with van der Waals surface area (Å²) < 4.78 is 13.1. The summed E-state index contributed by atoms with van der Waals surface area (Å²) in [6.07, 6.45) is 4.10. The van der Waals surface area contributed by atoms with E-state index in [1.807, 2.05) is 13.0 Å². The zero-order valence-electron chi connectivity index (χ0n) is 9.83. The minimum atomic E-state index is -0.210. The third kappa shape index (κ3) is 3.09. The predicted octanol–water partition coefficient (Wildman–Crippen LogP) is 4.86. The van der Waals surface area contributed by atoms with Gasteiger partial charge in [-0.2, -0.15) is 0 Å². The molecule has 0 radical (unpaired) electrons. The number of hydrogen-bond donors (Lipinski definition) is 0. The molecule has 1 unspecified atom stereocenters. The molecular formula is C14H12BrClFN. The van der Waals surface area contributed by atoms with Gasteiger partial charge in [-0.1, -0.05) is 33.6 Å². The van der Waals surface area contributed by atoms with Crippen molar-refractivity contribution in [2.45, 2.75) is 18.2 Å². The quantitative estimate of drug-likeness (QED) is 0.733. The maximum absolute atomic E-state index is 13.1. The summed E-state index contributed by atoms with van der Waals surface area (Å²) in [5.41, 5.74) is 3.03. The van der Waals surface area contributed by atoms with E-state index in [-0.39, 0.29) is 10.6 Å². The molecular weight excluding hydrogens is 317 g/mol. The minimum absolute atomic E-state index is 0.109. The van der Waals surface area contributed by atoms with Crippen molar-refractivity contribution >= 4 is 27.5 Å². The van der Waals surface area contributed by atoms with Crippen LogP contribution in [0.1, 0.15) is 21.5 Å². The first-order valence-corrected chi connectivity index (χ1v) is 6.86. The molecule has 0 N–H and O–H groups in total. The molecule has 2 rings (SSSR count). The van der Waals surface area contributed by atoms with Crippen LogP contribution < -0.4 is 0 Å². The van der Waals surface area contributed by atoms with Crippen LogP contribution in [0.4, 0.5) is 4.39 Å². The van der Waals surface area contributed by atoms with Crippen LogP contribution in [0.3, 0.4) is 0 Å². The van der Waals surface area contributed by atoms with E-state index >= 15 is 0 Å². The molecule has 1 aromatic heterocycles. The lowest BCUT2D eigenvalue weighted by molar-refractivity contribution is 0.625. The van der Waals surface area contributed by atoms with Crippen molar-refractivity contribution < 1.29 is 4.39 Å². The first-order chi connectivity index (χ1) is 8.58. The summed E-state index contributed by atoms with van der Waals surface area (Å²) in [5, 5.41) is 0.654. The fourth-order valence-corrected chi connectivity index (χ4v) is 2.92. The Hall–Kier alpha value is -0.930. The molecule has 1 atom stereocenters. The van der Waals surface area contributed by atoms with E-state index in [1.165, 1.54) is 12.1 Å². The summed E-state index contributed by atoms with van der Waals surface area (Å²) in [7, 11) is 0. The Morgan fingerprint density at radius 2 is 2.17 bits per heavy atom. The minimum Gasteiger partial charge on any atom is -0.263 e. The SMILES string of the molecule is Cc1cc(F)ccc1C(Br)Cc1ccncc1Cl. The van der Waals surface area contributed by atoms with Crippen molar-refractivity contribution in [3.8, 4) is 0 Å². The van der Waals surface area contributed by atoms with E-state index in [1.54, 1.807) is 18.5 Å².